The molecule has 5 nitrogen and oxygen atoms in total. The Labute approximate surface area is 207 Å². The fourth-order valence-corrected chi connectivity index (χ4v) is 4.75. The Morgan fingerprint density at radius 3 is 2.37 bits per heavy atom. The molecule has 1 fully saturated rings. The highest BCUT2D eigenvalue weighted by atomic mass is 35.5. The quantitative estimate of drug-likeness (QED) is 0.211. The molecular weight excluding hydrogens is 462 g/mol. The fraction of sp³-hybridized carbons (Fsp3) is 0.103. The number of rotatable bonds is 5. The van der Waals surface area contributed by atoms with Gasteiger partial charge in [-0.2, -0.15) is 0 Å². The van der Waals surface area contributed by atoms with E-state index in [1.165, 1.54) is 4.90 Å². The van der Waals surface area contributed by atoms with E-state index in [9.17, 15) is 14.7 Å². The first-order valence-electron chi connectivity index (χ1n) is 11.1. The summed E-state index contributed by atoms with van der Waals surface area (Å²) in [5.41, 5.74) is 1.97. The number of likely N-dealkylation sites (tertiary alicyclic amines) is 1. The molecule has 1 unspecified atom stereocenters. The molecule has 0 aliphatic carbocycles. The second kappa shape index (κ2) is 9.28. The van der Waals surface area contributed by atoms with Gasteiger partial charge in [0.1, 0.15) is 11.5 Å². The van der Waals surface area contributed by atoms with Crippen molar-refractivity contribution in [2.45, 2.75) is 12.6 Å². The van der Waals surface area contributed by atoms with Crippen LogP contribution in [0.4, 0.5) is 0 Å². The van der Waals surface area contributed by atoms with Crippen molar-refractivity contribution in [2.75, 3.05) is 7.11 Å². The molecular formula is C29H22ClNO4. The SMILES string of the molecule is COc1ccccc1CN1C(=O)C(=O)/C(=C(\O)c2cccc3ccccc23)C1c1ccc(Cl)cc1. The van der Waals surface area contributed by atoms with Crippen LogP contribution in [0.3, 0.4) is 0 Å². The van der Waals surface area contributed by atoms with E-state index in [1.807, 2.05) is 54.6 Å². The third-order valence-corrected chi connectivity index (χ3v) is 6.56. The van der Waals surface area contributed by atoms with Crippen molar-refractivity contribution >= 4 is 39.8 Å². The van der Waals surface area contributed by atoms with E-state index < -0.39 is 17.7 Å². The van der Waals surface area contributed by atoms with E-state index >= 15 is 0 Å². The normalized spacial score (nSPS) is 17.2. The van der Waals surface area contributed by atoms with Gasteiger partial charge >= 0.3 is 0 Å². The number of hydrogen-bond acceptors (Lipinski definition) is 4. The molecule has 0 saturated carbocycles. The Hall–Kier alpha value is -4.09. The molecule has 0 bridgehead atoms. The third-order valence-electron chi connectivity index (χ3n) is 6.30. The number of hydrogen-bond donors (Lipinski definition) is 1. The molecule has 0 spiro atoms. The summed E-state index contributed by atoms with van der Waals surface area (Å²) < 4.78 is 5.46. The standard InChI is InChI=1S/C29H22ClNO4/c1-35-24-12-5-3-8-20(24)17-31-26(19-13-15-21(30)16-14-19)25(28(33)29(31)34)27(32)23-11-6-9-18-7-2-4-10-22(18)23/h2-16,26,32H,17H2,1H3/b27-25-. The highest BCUT2D eigenvalue weighted by molar-refractivity contribution is 6.46. The van der Waals surface area contributed by atoms with Crippen LogP contribution in [-0.4, -0.2) is 28.8 Å². The summed E-state index contributed by atoms with van der Waals surface area (Å²) in [5.74, 6) is -1.01. The minimum Gasteiger partial charge on any atom is -0.507 e. The lowest BCUT2D eigenvalue weighted by Crippen LogP contribution is -2.29. The summed E-state index contributed by atoms with van der Waals surface area (Å²) in [4.78, 5) is 28.2. The predicted octanol–water partition coefficient (Wildman–Crippen LogP) is 6.12. The van der Waals surface area contributed by atoms with Gasteiger partial charge in [-0.15, -0.1) is 0 Å². The number of aliphatic hydroxyl groups excluding tert-OH is 1. The lowest BCUT2D eigenvalue weighted by molar-refractivity contribution is -0.140. The fourth-order valence-electron chi connectivity index (χ4n) is 4.63. The van der Waals surface area contributed by atoms with Crippen molar-refractivity contribution in [1.29, 1.82) is 0 Å². The summed E-state index contributed by atoms with van der Waals surface area (Å²) in [6.45, 7) is 0.133. The lowest BCUT2D eigenvalue weighted by Gasteiger charge is -2.26. The van der Waals surface area contributed by atoms with Gasteiger partial charge in [0.2, 0.25) is 0 Å². The van der Waals surface area contributed by atoms with Crippen LogP contribution in [0.15, 0.2) is 96.6 Å². The minimum absolute atomic E-state index is 0.0450. The number of fused-ring (bicyclic) bond motifs is 1. The summed E-state index contributed by atoms with van der Waals surface area (Å²) >= 11 is 6.12. The predicted molar refractivity (Wildman–Crippen MR) is 136 cm³/mol. The molecule has 35 heavy (non-hydrogen) atoms. The Bertz CT molecular complexity index is 1470. The van der Waals surface area contributed by atoms with E-state index in [0.29, 0.717) is 21.9 Å². The number of halogens is 1. The number of Topliss-reactive ketones (excluding diaryl/α,β-unsaturated/α-hetero) is 1. The van der Waals surface area contributed by atoms with Crippen LogP contribution in [0, 0.1) is 0 Å². The number of benzene rings is 4. The number of amides is 1. The second-order valence-corrected chi connectivity index (χ2v) is 8.75. The van der Waals surface area contributed by atoms with Crippen LogP contribution >= 0.6 is 11.6 Å². The van der Waals surface area contributed by atoms with Gasteiger partial charge in [0.05, 0.1) is 25.3 Å². The first kappa shape index (κ1) is 22.7. The van der Waals surface area contributed by atoms with Gasteiger partial charge in [0, 0.05) is 16.1 Å². The molecule has 1 N–H and O–H groups in total. The van der Waals surface area contributed by atoms with E-state index in [-0.39, 0.29) is 17.9 Å². The second-order valence-electron chi connectivity index (χ2n) is 8.32. The zero-order chi connectivity index (χ0) is 24.5. The van der Waals surface area contributed by atoms with Crippen molar-refractivity contribution in [1.82, 2.24) is 4.90 Å². The molecule has 1 aliphatic rings. The molecule has 0 radical (unpaired) electrons. The van der Waals surface area contributed by atoms with Gasteiger partial charge in [-0.05, 0) is 34.5 Å². The number of para-hydroxylation sites is 1. The maximum atomic E-state index is 13.4. The Kier molecular flexibility index (Phi) is 6.01. The minimum atomic E-state index is -0.795. The summed E-state index contributed by atoms with van der Waals surface area (Å²) in [5, 5.41) is 13.7. The highest BCUT2D eigenvalue weighted by Gasteiger charge is 2.46. The van der Waals surface area contributed by atoms with Crippen molar-refractivity contribution < 1.29 is 19.4 Å². The van der Waals surface area contributed by atoms with Crippen LogP contribution in [0.1, 0.15) is 22.7 Å². The Balaban J connectivity index is 1.70. The average Bonchev–Trinajstić information content (AvgIpc) is 3.13. The zero-order valence-electron chi connectivity index (χ0n) is 18.9. The number of ether oxygens (including phenoxy) is 1. The molecule has 1 saturated heterocycles. The van der Waals surface area contributed by atoms with Crippen LogP contribution in [-0.2, 0) is 16.1 Å². The molecule has 0 aromatic heterocycles. The Morgan fingerprint density at radius 1 is 0.914 bits per heavy atom. The number of carbonyl (C=O) groups excluding carboxylic acids is 2. The molecule has 4 aromatic carbocycles. The highest BCUT2D eigenvalue weighted by Crippen LogP contribution is 2.42. The average molecular weight is 484 g/mol. The van der Waals surface area contributed by atoms with E-state index in [2.05, 4.69) is 0 Å². The first-order chi connectivity index (χ1) is 17.0. The van der Waals surface area contributed by atoms with Gasteiger partial charge in [-0.25, -0.2) is 0 Å². The molecule has 1 aliphatic heterocycles. The number of carbonyl (C=O) groups is 2. The van der Waals surface area contributed by atoms with Crippen LogP contribution in [0.2, 0.25) is 5.02 Å². The largest absolute Gasteiger partial charge is 0.507 e. The maximum absolute atomic E-state index is 13.4. The van der Waals surface area contributed by atoms with Crippen molar-refractivity contribution in [3.8, 4) is 5.75 Å². The van der Waals surface area contributed by atoms with Crippen molar-refractivity contribution in [2.24, 2.45) is 0 Å². The Morgan fingerprint density at radius 2 is 1.60 bits per heavy atom. The van der Waals surface area contributed by atoms with E-state index in [1.54, 1.807) is 43.5 Å². The number of nitrogens with zero attached hydrogens (tertiary/aromatic N) is 1. The van der Waals surface area contributed by atoms with Crippen molar-refractivity contribution in [3.05, 3.63) is 118 Å². The van der Waals surface area contributed by atoms with Gasteiger partial charge < -0.3 is 14.7 Å². The number of methoxy groups -OCH3 is 1. The van der Waals surface area contributed by atoms with Crippen molar-refractivity contribution in [3.63, 3.8) is 0 Å². The smallest absolute Gasteiger partial charge is 0.295 e. The molecule has 1 amide bonds. The zero-order valence-corrected chi connectivity index (χ0v) is 19.7. The van der Waals surface area contributed by atoms with Crippen LogP contribution < -0.4 is 4.74 Å². The number of ketones is 1. The summed E-state index contributed by atoms with van der Waals surface area (Å²) in [6, 6.07) is 26.6. The topological polar surface area (TPSA) is 66.8 Å². The van der Waals surface area contributed by atoms with E-state index in [0.717, 1.165) is 16.3 Å². The molecule has 1 atom stereocenters. The summed E-state index contributed by atoms with van der Waals surface area (Å²) in [6.07, 6.45) is 0. The summed E-state index contributed by atoms with van der Waals surface area (Å²) in [7, 11) is 1.56. The van der Waals surface area contributed by atoms with Gasteiger partial charge in [-0.1, -0.05) is 84.4 Å². The molecule has 174 valence electrons. The van der Waals surface area contributed by atoms with Gasteiger partial charge in [-0.3, -0.25) is 9.59 Å². The van der Waals surface area contributed by atoms with Gasteiger partial charge in [0.25, 0.3) is 11.7 Å². The first-order valence-corrected chi connectivity index (χ1v) is 11.5. The molecule has 5 rings (SSSR count). The monoisotopic (exact) mass is 483 g/mol. The van der Waals surface area contributed by atoms with E-state index in [4.69, 9.17) is 16.3 Å². The molecule has 6 heteroatoms. The maximum Gasteiger partial charge on any atom is 0.295 e. The van der Waals surface area contributed by atoms with Gasteiger partial charge in [0.15, 0.2) is 0 Å². The number of aliphatic hydroxyl groups is 1. The molecule has 4 aromatic rings. The van der Waals surface area contributed by atoms with Crippen LogP contribution in [0.5, 0.6) is 5.75 Å². The van der Waals surface area contributed by atoms with Crippen LogP contribution in [0.25, 0.3) is 16.5 Å². The third kappa shape index (κ3) is 4.04. The lowest BCUT2D eigenvalue weighted by atomic mass is 9.93. The molecule has 1 heterocycles.